The molecule has 1 aromatic heterocycles. The van der Waals surface area contributed by atoms with Gasteiger partial charge in [0.25, 0.3) is 0 Å². The Bertz CT molecular complexity index is 599. The van der Waals surface area contributed by atoms with Crippen LogP contribution in [0.2, 0.25) is 15.1 Å². The molecule has 5 heteroatoms. The standard InChI is InChI=1S/C13H10Cl3NO/c1-7-12(18-2)3-4-17-13(7)8-5-10(15)11(16)6-9(8)14/h3-6H,1-2H3. The van der Waals surface area contributed by atoms with E-state index in [0.717, 1.165) is 22.6 Å². The van der Waals surface area contributed by atoms with Gasteiger partial charge in [-0.3, -0.25) is 4.98 Å². The summed E-state index contributed by atoms with van der Waals surface area (Å²) in [5.41, 5.74) is 2.38. The van der Waals surface area contributed by atoms with Crippen LogP contribution >= 0.6 is 34.8 Å². The van der Waals surface area contributed by atoms with Gasteiger partial charge in [-0.05, 0) is 25.1 Å². The average molecular weight is 303 g/mol. The van der Waals surface area contributed by atoms with Gasteiger partial charge in [-0.25, -0.2) is 0 Å². The number of hydrogen-bond acceptors (Lipinski definition) is 2. The molecule has 0 N–H and O–H groups in total. The quantitative estimate of drug-likeness (QED) is 0.726. The summed E-state index contributed by atoms with van der Waals surface area (Å²) in [5.74, 6) is 0.752. The highest BCUT2D eigenvalue weighted by Crippen LogP contribution is 2.37. The van der Waals surface area contributed by atoms with Crippen LogP contribution in [0.3, 0.4) is 0 Å². The van der Waals surface area contributed by atoms with Crippen LogP contribution in [0.5, 0.6) is 5.75 Å². The van der Waals surface area contributed by atoms with Crippen molar-refractivity contribution in [1.29, 1.82) is 0 Å². The Kier molecular flexibility index (Phi) is 4.00. The van der Waals surface area contributed by atoms with Gasteiger partial charge >= 0.3 is 0 Å². The lowest BCUT2D eigenvalue weighted by Crippen LogP contribution is -1.94. The van der Waals surface area contributed by atoms with Crippen molar-refractivity contribution in [3.8, 4) is 17.0 Å². The summed E-state index contributed by atoms with van der Waals surface area (Å²) in [6.07, 6.45) is 1.67. The first-order valence-electron chi connectivity index (χ1n) is 5.19. The third-order valence-electron chi connectivity index (χ3n) is 2.64. The van der Waals surface area contributed by atoms with E-state index in [1.54, 1.807) is 31.5 Å². The van der Waals surface area contributed by atoms with Crippen LogP contribution in [0.4, 0.5) is 0 Å². The molecule has 2 aromatic rings. The van der Waals surface area contributed by atoms with E-state index in [1.807, 2.05) is 6.92 Å². The van der Waals surface area contributed by atoms with E-state index in [9.17, 15) is 0 Å². The van der Waals surface area contributed by atoms with Crippen molar-refractivity contribution in [3.05, 3.63) is 45.0 Å². The van der Waals surface area contributed by atoms with Crippen molar-refractivity contribution in [1.82, 2.24) is 4.98 Å². The molecule has 1 aromatic carbocycles. The lowest BCUT2D eigenvalue weighted by Gasteiger charge is -2.11. The van der Waals surface area contributed by atoms with Gasteiger partial charge in [-0.15, -0.1) is 0 Å². The minimum Gasteiger partial charge on any atom is -0.496 e. The zero-order valence-corrected chi connectivity index (χ0v) is 12.1. The topological polar surface area (TPSA) is 22.1 Å². The average Bonchev–Trinajstić information content (AvgIpc) is 2.34. The Labute approximate surface area is 120 Å². The molecule has 94 valence electrons. The molecular weight excluding hydrogens is 293 g/mol. The molecule has 0 unspecified atom stereocenters. The Morgan fingerprint density at radius 1 is 1.06 bits per heavy atom. The Morgan fingerprint density at radius 2 is 1.72 bits per heavy atom. The van der Waals surface area contributed by atoms with Crippen LogP contribution < -0.4 is 4.74 Å². The molecule has 0 aliphatic heterocycles. The number of rotatable bonds is 2. The minimum atomic E-state index is 0.422. The number of ether oxygens (including phenoxy) is 1. The molecule has 0 spiro atoms. The highest BCUT2D eigenvalue weighted by Gasteiger charge is 2.13. The number of methoxy groups -OCH3 is 1. The summed E-state index contributed by atoms with van der Waals surface area (Å²) < 4.78 is 5.26. The van der Waals surface area contributed by atoms with Gasteiger partial charge in [0.15, 0.2) is 0 Å². The molecule has 0 fully saturated rings. The molecule has 0 saturated carbocycles. The summed E-state index contributed by atoms with van der Waals surface area (Å²) in [7, 11) is 1.61. The second kappa shape index (κ2) is 5.35. The van der Waals surface area contributed by atoms with Crippen LogP contribution in [0.25, 0.3) is 11.3 Å². The summed E-state index contributed by atoms with van der Waals surface area (Å²) in [6.45, 7) is 1.92. The van der Waals surface area contributed by atoms with Gasteiger partial charge in [0.2, 0.25) is 0 Å². The fourth-order valence-electron chi connectivity index (χ4n) is 1.71. The number of halogens is 3. The predicted molar refractivity (Wildman–Crippen MR) is 76.0 cm³/mol. The van der Waals surface area contributed by atoms with Crippen LogP contribution in [-0.2, 0) is 0 Å². The molecule has 0 saturated heterocycles. The third kappa shape index (κ3) is 2.41. The normalized spacial score (nSPS) is 10.5. The molecule has 0 amide bonds. The van der Waals surface area contributed by atoms with Crippen molar-refractivity contribution in [2.24, 2.45) is 0 Å². The van der Waals surface area contributed by atoms with E-state index in [0.29, 0.717) is 15.1 Å². The van der Waals surface area contributed by atoms with Crippen molar-refractivity contribution in [2.75, 3.05) is 7.11 Å². The molecule has 1 heterocycles. The molecular formula is C13H10Cl3NO. The second-order valence-electron chi connectivity index (χ2n) is 3.73. The second-order valence-corrected chi connectivity index (χ2v) is 4.95. The third-order valence-corrected chi connectivity index (χ3v) is 3.67. The largest absolute Gasteiger partial charge is 0.496 e. The van der Waals surface area contributed by atoms with E-state index in [1.165, 1.54) is 0 Å². The van der Waals surface area contributed by atoms with Crippen LogP contribution in [-0.4, -0.2) is 12.1 Å². The van der Waals surface area contributed by atoms with E-state index >= 15 is 0 Å². The van der Waals surface area contributed by atoms with Gasteiger partial charge < -0.3 is 4.74 Å². The highest BCUT2D eigenvalue weighted by atomic mass is 35.5. The maximum atomic E-state index is 6.18. The summed E-state index contributed by atoms with van der Waals surface area (Å²) in [6, 6.07) is 5.12. The summed E-state index contributed by atoms with van der Waals surface area (Å²) >= 11 is 18.1. The molecule has 18 heavy (non-hydrogen) atoms. The SMILES string of the molecule is COc1ccnc(-c2cc(Cl)c(Cl)cc2Cl)c1C. The lowest BCUT2D eigenvalue weighted by molar-refractivity contribution is 0.411. The zero-order valence-electron chi connectivity index (χ0n) is 9.80. The smallest absolute Gasteiger partial charge is 0.125 e. The summed E-state index contributed by atoms with van der Waals surface area (Å²) in [4.78, 5) is 4.32. The maximum absolute atomic E-state index is 6.18. The Hall–Kier alpha value is -0.960. The molecule has 0 aliphatic rings. The molecule has 0 atom stereocenters. The van der Waals surface area contributed by atoms with Crippen molar-refractivity contribution < 1.29 is 4.74 Å². The highest BCUT2D eigenvalue weighted by molar-refractivity contribution is 6.44. The molecule has 0 radical (unpaired) electrons. The van der Waals surface area contributed by atoms with Gasteiger partial charge in [0, 0.05) is 17.3 Å². The number of hydrogen-bond donors (Lipinski definition) is 0. The van der Waals surface area contributed by atoms with E-state index < -0.39 is 0 Å². The van der Waals surface area contributed by atoms with Gasteiger partial charge in [0.05, 0.1) is 27.9 Å². The predicted octanol–water partition coefficient (Wildman–Crippen LogP) is 5.03. The van der Waals surface area contributed by atoms with Gasteiger partial charge in [-0.2, -0.15) is 0 Å². The van der Waals surface area contributed by atoms with Crippen molar-refractivity contribution in [2.45, 2.75) is 6.92 Å². The molecule has 0 bridgehead atoms. The Balaban J connectivity index is 2.66. The Morgan fingerprint density at radius 3 is 2.39 bits per heavy atom. The van der Waals surface area contributed by atoms with Crippen molar-refractivity contribution >= 4 is 34.8 Å². The van der Waals surface area contributed by atoms with E-state index in [2.05, 4.69) is 4.98 Å². The molecule has 2 nitrogen and oxygen atoms in total. The van der Waals surface area contributed by atoms with E-state index in [-0.39, 0.29) is 0 Å². The van der Waals surface area contributed by atoms with E-state index in [4.69, 9.17) is 39.5 Å². The fourth-order valence-corrected chi connectivity index (χ4v) is 2.35. The monoisotopic (exact) mass is 301 g/mol. The number of aromatic nitrogens is 1. The first-order valence-corrected chi connectivity index (χ1v) is 6.32. The van der Waals surface area contributed by atoms with Gasteiger partial charge in [-0.1, -0.05) is 34.8 Å². The number of benzene rings is 1. The number of nitrogens with zero attached hydrogens (tertiary/aromatic N) is 1. The van der Waals surface area contributed by atoms with Crippen LogP contribution in [0, 0.1) is 6.92 Å². The number of pyridine rings is 1. The lowest BCUT2D eigenvalue weighted by atomic mass is 10.1. The van der Waals surface area contributed by atoms with Gasteiger partial charge in [0.1, 0.15) is 5.75 Å². The van der Waals surface area contributed by atoms with Crippen LogP contribution in [0.15, 0.2) is 24.4 Å². The minimum absolute atomic E-state index is 0.422. The first-order chi connectivity index (χ1) is 8.54. The molecule has 0 aliphatic carbocycles. The fraction of sp³-hybridized carbons (Fsp3) is 0.154. The first kappa shape index (κ1) is 13.5. The van der Waals surface area contributed by atoms with Crippen LogP contribution in [0.1, 0.15) is 5.56 Å². The van der Waals surface area contributed by atoms with Crippen molar-refractivity contribution in [3.63, 3.8) is 0 Å². The molecule has 2 rings (SSSR count). The zero-order chi connectivity index (χ0) is 13.3. The maximum Gasteiger partial charge on any atom is 0.125 e. The summed E-state index contributed by atoms with van der Waals surface area (Å²) in [5, 5.41) is 1.37.